The Morgan fingerprint density at radius 3 is 2.31 bits per heavy atom. The lowest BCUT2D eigenvalue weighted by molar-refractivity contribution is -0.181. The lowest BCUT2D eigenvalue weighted by Crippen LogP contribution is -2.43. The second kappa shape index (κ2) is 4.61. The number of hydrogen-bond donors (Lipinski definition) is 1. The maximum absolute atomic E-state index is 12.4. The molecule has 0 aromatic carbocycles. The van der Waals surface area contributed by atoms with Crippen molar-refractivity contribution in [2.24, 2.45) is 17.1 Å². The minimum absolute atomic E-state index is 0.176. The van der Waals surface area contributed by atoms with Gasteiger partial charge in [0, 0.05) is 6.54 Å². The van der Waals surface area contributed by atoms with Crippen LogP contribution in [0.25, 0.3) is 0 Å². The summed E-state index contributed by atoms with van der Waals surface area (Å²) in [5.41, 5.74) is 3.78. The molecule has 1 fully saturated rings. The Balaban J connectivity index is 2.82. The number of carbonyl (C=O) groups excluding carboxylic acids is 1. The van der Waals surface area contributed by atoms with Crippen LogP contribution in [0.2, 0.25) is 0 Å². The second-order valence-electron chi connectivity index (χ2n) is 4.42. The molecular weight excluding hydrogens is 223 g/mol. The van der Waals surface area contributed by atoms with Gasteiger partial charge in [-0.3, -0.25) is 4.79 Å². The summed E-state index contributed by atoms with van der Waals surface area (Å²) in [6, 6.07) is 0. The van der Waals surface area contributed by atoms with Gasteiger partial charge in [0.2, 0.25) is 0 Å². The van der Waals surface area contributed by atoms with Crippen LogP contribution in [0.15, 0.2) is 0 Å². The molecule has 0 spiro atoms. The first-order chi connectivity index (χ1) is 7.33. The van der Waals surface area contributed by atoms with Gasteiger partial charge in [-0.2, -0.15) is 13.2 Å². The number of esters is 1. The fourth-order valence-corrected chi connectivity index (χ4v) is 1.94. The quantitative estimate of drug-likeness (QED) is 0.745. The average Bonchev–Trinajstić information content (AvgIpc) is 2.97. The van der Waals surface area contributed by atoms with E-state index in [1.54, 1.807) is 0 Å². The molecule has 1 rings (SSSR count). The zero-order valence-electron chi connectivity index (χ0n) is 9.14. The molecule has 2 N–H and O–H groups in total. The summed E-state index contributed by atoms with van der Waals surface area (Å²) < 4.78 is 41.8. The highest BCUT2D eigenvalue weighted by Crippen LogP contribution is 2.45. The SMILES string of the molecule is COC(=O)C(CN)(CC1CC1)CC(F)(F)F. The number of methoxy groups -OCH3 is 1. The highest BCUT2D eigenvalue weighted by Gasteiger charge is 2.50. The zero-order chi connectivity index (χ0) is 12.4. The first kappa shape index (κ1) is 13.3. The van der Waals surface area contributed by atoms with Gasteiger partial charge >= 0.3 is 12.1 Å². The van der Waals surface area contributed by atoms with Gasteiger partial charge in [0.1, 0.15) is 0 Å². The van der Waals surface area contributed by atoms with Gasteiger partial charge in [-0.25, -0.2) is 0 Å². The summed E-state index contributed by atoms with van der Waals surface area (Å²) in [7, 11) is 1.09. The lowest BCUT2D eigenvalue weighted by atomic mass is 9.79. The van der Waals surface area contributed by atoms with Crippen LogP contribution in [0.3, 0.4) is 0 Å². The number of halogens is 3. The van der Waals surface area contributed by atoms with Crippen molar-refractivity contribution in [1.82, 2.24) is 0 Å². The number of ether oxygens (including phenoxy) is 1. The third-order valence-corrected chi connectivity index (χ3v) is 2.92. The average molecular weight is 239 g/mol. The first-order valence-corrected chi connectivity index (χ1v) is 5.18. The molecule has 1 aliphatic carbocycles. The Morgan fingerprint density at radius 1 is 1.44 bits per heavy atom. The largest absolute Gasteiger partial charge is 0.469 e. The summed E-state index contributed by atoms with van der Waals surface area (Å²) in [4.78, 5) is 11.5. The molecule has 3 nitrogen and oxygen atoms in total. The third-order valence-electron chi connectivity index (χ3n) is 2.92. The molecule has 1 atom stereocenters. The maximum Gasteiger partial charge on any atom is 0.390 e. The summed E-state index contributed by atoms with van der Waals surface area (Å²) in [6.45, 7) is -0.324. The van der Waals surface area contributed by atoms with Crippen molar-refractivity contribution in [2.45, 2.75) is 31.9 Å². The number of rotatable bonds is 5. The standard InChI is InChI=1S/C10H16F3NO2/c1-16-8(15)9(6-14,4-7-2-3-7)5-10(11,12)13/h7H,2-6,14H2,1H3. The van der Waals surface area contributed by atoms with Crippen molar-refractivity contribution in [3.05, 3.63) is 0 Å². The molecule has 0 aromatic heterocycles. The van der Waals surface area contributed by atoms with E-state index < -0.39 is 24.0 Å². The van der Waals surface area contributed by atoms with Gasteiger partial charge in [-0.1, -0.05) is 12.8 Å². The van der Waals surface area contributed by atoms with Crippen LogP contribution in [0.5, 0.6) is 0 Å². The summed E-state index contributed by atoms with van der Waals surface area (Å²) in [5, 5.41) is 0. The molecule has 0 amide bonds. The van der Waals surface area contributed by atoms with E-state index in [0.29, 0.717) is 0 Å². The van der Waals surface area contributed by atoms with E-state index in [2.05, 4.69) is 4.74 Å². The van der Waals surface area contributed by atoms with Crippen LogP contribution < -0.4 is 5.73 Å². The summed E-state index contributed by atoms with van der Waals surface area (Å²) in [6.07, 6.45) is -3.68. The van der Waals surface area contributed by atoms with E-state index >= 15 is 0 Å². The maximum atomic E-state index is 12.4. The van der Waals surface area contributed by atoms with Crippen LogP contribution in [0.1, 0.15) is 25.7 Å². The van der Waals surface area contributed by atoms with Crippen LogP contribution in [-0.2, 0) is 9.53 Å². The first-order valence-electron chi connectivity index (χ1n) is 5.18. The van der Waals surface area contributed by atoms with Crippen molar-refractivity contribution in [3.63, 3.8) is 0 Å². The number of nitrogens with two attached hydrogens (primary N) is 1. The van der Waals surface area contributed by atoms with Gasteiger partial charge < -0.3 is 10.5 Å². The molecule has 0 aliphatic heterocycles. The Morgan fingerprint density at radius 2 is 2.00 bits per heavy atom. The van der Waals surface area contributed by atoms with Gasteiger partial charge in [0.15, 0.2) is 0 Å². The molecule has 0 heterocycles. The van der Waals surface area contributed by atoms with Crippen molar-refractivity contribution < 1.29 is 22.7 Å². The zero-order valence-corrected chi connectivity index (χ0v) is 9.14. The molecule has 0 radical (unpaired) electrons. The minimum atomic E-state index is -4.40. The minimum Gasteiger partial charge on any atom is -0.469 e. The van der Waals surface area contributed by atoms with Crippen LogP contribution >= 0.6 is 0 Å². The number of alkyl halides is 3. The van der Waals surface area contributed by atoms with Gasteiger partial charge in [0.25, 0.3) is 0 Å². The highest BCUT2D eigenvalue weighted by molar-refractivity contribution is 5.77. The molecule has 0 saturated heterocycles. The smallest absolute Gasteiger partial charge is 0.390 e. The lowest BCUT2D eigenvalue weighted by Gasteiger charge is -2.30. The predicted molar refractivity (Wildman–Crippen MR) is 51.5 cm³/mol. The molecule has 94 valence electrons. The van der Waals surface area contributed by atoms with E-state index in [-0.39, 0.29) is 18.9 Å². The molecule has 1 aliphatic rings. The molecule has 1 saturated carbocycles. The van der Waals surface area contributed by atoms with E-state index in [4.69, 9.17) is 5.73 Å². The van der Waals surface area contributed by atoms with Gasteiger partial charge in [-0.05, 0) is 12.3 Å². The number of carbonyl (C=O) groups is 1. The van der Waals surface area contributed by atoms with Crippen molar-refractivity contribution in [3.8, 4) is 0 Å². The molecule has 0 bridgehead atoms. The van der Waals surface area contributed by atoms with Gasteiger partial charge in [0.05, 0.1) is 18.9 Å². The van der Waals surface area contributed by atoms with Gasteiger partial charge in [-0.15, -0.1) is 0 Å². The Kier molecular flexibility index (Phi) is 3.83. The second-order valence-corrected chi connectivity index (χ2v) is 4.42. The summed E-state index contributed by atoms with van der Waals surface area (Å²) in [5.74, 6) is -0.663. The Labute approximate surface area is 92.1 Å². The van der Waals surface area contributed by atoms with E-state index in [1.807, 2.05) is 0 Å². The molecular formula is C10H16F3NO2. The highest BCUT2D eigenvalue weighted by atomic mass is 19.4. The fraction of sp³-hybridized carbons (Fsp3) is 0.900. The third kappa shape index (κ3) is 3.37. The van der Waals surface area contributed by atoms with Crippen molar-refractivity contribution in [2.75, 3.05) is 13.7 Å². The monoisotopic (exact) mass is 239 g/mol. The van der Waals surface area contributed by atoms with Crippen LogP contribution in [-0.4, -0.2) is 25.8 Å². The van der Waals surface area contributed by atoms with E-state index in [1.165, 1.54) is 0 Å². The van der Waals surface area contributed by atoms with Crippen molar-refractivity contribution in [1.29, 1.82) is 0 Å². The molecule has 16 heavy (non-hydrogen) atoms. The molecule has 6 heteroatoms. The van der Waals surface area contributed by atoms with E-state index in [9.17, 15) is 18.0 Å². The molecule has 0 aromatic rings. The topological polar surface area (TPSA) is 52.3 Å². The predicted octanol–water partition coefficient (Wildman–Crippen LogP) is 1.86. The Hall–Kier alpha value is -0.780. The Bertz CT molecular complexity index is 263. The summed E-state index contributed by atoms with van der Waals surface area (Å²) >= 11 is 0. The normalized spacial score (nSPS) is 20.3. The van der Waals surface area contributed by atoms with Crippen molar-refractivity contribution >= 4 is 5.97 Å². The fourth-order valence-electron chi connectivity index (χ4n) is 1.94. The van der Waals surface area contributed by atoms with E-state index in [0.717, 1.165) is 20.0 Å². The van der Waals surface area contributed by atoms with Crippen LogP contribution in [0, 0.1) is 11.3 Å². The van der Waals surface area contributed by atoms with Crippen LogP contribution in [0.4, 0.5) is 13.2 Å². The molecule has 1 unspecified atom stereocenters. The number of hydrogen-bond acceptors (Lipinski definition) is 3.